The standard InChI is InChI=1S/C15H18ClF2N3/c1-20-8-2-3-10(9-20)21-13(6-7-16)19-12-5-4-11(17)14(18)15(12)21/h4-5,10H,2-3,6-9H2,1H3. The summed E-state index contributed by atoms with van der Waals surface area (Å²) < 4.78 is 29.8. The summed E-state index contributed by atoms with van der Waals surface area (Å²) in [7, 11) is 2.05. The Hall–Kier alpha value is -1.20. The molecule has 2 heterocycles. The highest BCUT2D eigenvalue weighted by molar-refractivity contribution is 6.17. The first-order chi connectivity index (χ1) is 10.1. The largest absolute Gasteiger partial charge is 0.321 e. The van der Waals surface area contributed by atoms with Crippen LogP contribution < -0.4 is 0 Å². The third-order valence-corrected chi connectivity index (χ3v) is 4.29. The van der Waals surface area contributed by atoms with Crippen LogP contribution in [0.1, 0.15) is 24.7 Å². The van der Waals surface area contributed by atoms with Crippen molar-refractivity contribution < 1.29 is 8.78 Å². The molecule has 1 unspecified atom stereocenters. The molecule has 1 aliphatic heterocycles. The van der Waals surface area contributed by atoms with Crippen LogP contribution in [0, 0.1) is 11.6 Å². The molecule has 1 fully saturated rings. The van der Waals surface area contributed by atoms with E-state index in [2.05, 4.69) is 9.88 Å². The Kier molecular flexibility index (Phi) is 4.13. The van der Waals surface area contributed by atoms with Crippen molar-refractivity contribution in [1.82, 2.24) is 14.5 Å². The number of nitrogens with zero attached hydrogens (tertiary/aromatic N) is 3. The van der Waals surface area contributed by atoms with E-state index in [-0.39, 0.29) is 11.6 Å². The number of benzene rings is 1. The number of halogens is 3. The van der Waals surface area contributed by atoms with E-state index in [4.69, 9.17) is 11.6 Å². The number of piperidine rings is 1. The summed E-state index contributed by atoms with van der Waals surface area (Å²) in [6, 6.07) is 2.78. The smallest absolute Gasteiger partial charge is 0.184 e. The number of hydrogen-bond acceptors (Lipinski definition) is 2. The number of imidazole rings is 1. The van der Waals surface area contributed by atoms with Gasteiger partial charge in [0.15, 0.2) is 11.6 Å². The Bertz CT molecular complexity index is 656. The van der Waals surface area contributed by atoms with Gasteiger partial charge in [0.2, 0.25) is 0 Å². The summed E-state index contributed by atoms with van der Waals surface area (Å²) in [6.07, 6.45) is 2.54. The Morgan fingerprint density at radius 1 is 1.38 bits per heavy atom. The molecule has 3 nitrogen and oxygen atoms in total. The van der Waals surface area contributed by atoms with Crippen LogP contribution in [0.4, 0.5) is 8.78 Å². The third-order valence-electron chi connectivity index (χ3n) is 4.10. The van der Waals surface area contributed by atoms with Gasteiger partial charge in [-0.25, -0.2) is 13.8 Å². The first-order valence-corrected chi connectivity index (χ1v) is 7.74. The maximum absolute atomic E-state index is 14.3. The number of hydrogen-bond donors (Lipinski definition) is 0. The molecule has 1 aromatic heterocycles. The third kappa shape index (κ3) is 2.64. The van der Waals surface area contributed by atoms with Gasteiger partial charge in [-0.1, -0.05) is 0 Å². The molecule has 1 aliphatic rings. The van der Waals surface area contributed by atoms with Gasteiger partial charge in [-0.15, -0.1) is 11.6 Å². The zero-order valence-corrected chi connectivity index (χ0v) is 12.7. The first kappa shape index (κ1) is 14.7. The molecular formula is C15H18ClF2N3. The van der Waals surface area contributed by atoms with E-state index in [0.717, 1.165) is 37.8 Å². The molecular weight excluding hydrogens is 296 g/mol. The molecule has 0 bridgehead atoms. The summed E-state index contributed by atoms with van der Waals surface area (Å²) in [5, 5.41) is 0. The fraction of sp³-hybridized carbons (Fsp3) is 0.533. The summed E-state index contributed by atoms with van der Waals surface area (Å²) in [5.74, 6) is -0.486. The van der Waals surface area contributed by atoms with E-state index in [0.29, 0.717) is 17.8 Å². The van der Waals surface area contributed by atoms with Crippen LogP contribution in [0.25, 0.3) is 11.0 Å². The lowest BCUT2D eigenvalue weighted by atomic mass is 10.1. The van der Waals surface area contributed by atoms with Gasteiger partial charge in [-0.05, 0) is 38.6 Å². The van der Waals surface area contributed by atoms with Crippen molar-refractivity contribution in [2.75, 3.05) is 26.0 Å². The molecule has 6 heteroatoms. The van der Waals surface area contributed by atoms with Crippen LogP contribution in [0.2, 0.25) is 0 Å². The lowest BCUT2D eigenvalue weighted by molar-refractivity contribution is 0.212. The van der Waals surface area contributed by atoms with Crippen LogP contribution in [0.5, 0.6) is 0 Å². The molecule has 1 aromatic carbocycles. The van der Waals surface area contributed by atoms with E-state index in [1.54, 1.807) is 0 Å². The highest BCUT2D eigenvalue weighted by Gasteiger charge is 2.25. The van der Waals surface area contributed by atoms with Crippen molar-refractivity contribution in [3.8, 4) is 0 Å². The van der Waals surface area contributed by atoms with Gasteiger partial charge in [0.1, 0.15) is 11.3 Å². The molecule has 0 radical (unpaired) electrons. The monoisotopic (exact) mass is 313 g/mol. The summed E-state index contributed by atoms with van der Waals surface area (Å²) in [5.41, 5.74) is 0.776. The van der Waals surface area contributed by atoms with Crippen LogP contribution in [0.3, 0.4) is 0 Å². The number of likely N-dealkylation sites (N-methyl/N-ethyl adjacent to an activating group) is 1. The van der Waals surface area contributed by atoms with Crippen molar-refractivity contribution in [3.63, 3.8) is 0 Å². The molecule has 0 saturated carbocycles. The highest BCUT2D eigenvalue weighted by Crippen LogP contribution is 2.30. The maximum atomic E-state index is 14.3. The Labute approximate surface area is 127 Å². The topological polar surface area (TPSA) is 21.1 Å². The Balaban J connectivity index is 2.17. The SMILES string of the molecule is CN1CCCC(n2c(CCCl)nc3ccc(F)c(F)c32)C1. The quantitative estimate of drug-likeness (QED) is 0.810. The van der Waals surface area contributed by atoms with E-state index in [1.807, 2.05) is 11.6 Å². The molecule has 1 atom stereocenters. The summed E-state index contributed by atoms with van der Waals surface area (Å²) in [4.78, 5) is 6.67. The molecule has 2 aromatic rings. The number of aryl methyl sites for hydroxylation is 1. The van der Waals surface area contributed by atoms with Gasteiger partial charge in [0, 0.05) is 24.9 Å². The Morgan fingerprint density at radius 2 is 2.19 bits per heavy atom. The lowest BCUT2D eigenvalue weighted by Crippen LogP contribution is -2.34. The predicted molar refractivity (Wildman–Crippen MR) is 79.8 cm³/mol. The second-order valence-corrected chi connectivity index (χ2v) is 6.00. The van der Waals surface area contributed by atoms with Crippen molar-refractivity contribution in [2.45, 2.75) is 25.3 Å². The van der Waals surface area contributed by atoms with Crippen molar-refractivity contribution in [3.05, 3.63) is 29.6 Å². The second-order valence-electron chi connectivity index (χ2n) is 5.62. The van der Waals surface area contributed by atoms with Gasteiger partial charge in [-0.2, -0.15) is 0 Å². The number of alkyl halides is 1. The average Bonchev–Trinajstić information content (AvgIpc) is 2.82. The minimum atomic E-state index is -0.828. The number of rotatable bonds is 3. The fourth-order valence-electron chi connectivity index (χ4n) is 3.18. The van der Waals surface area contributed by atoms with Gasteiger partial charge < -0.3 is 9.47 Å². The summed E-state index contributed by atoms with van der Waals surface area (Å²) >= 11 is 5.84. The maximum Gasteiger partial charge on any atom is 0.184 e. The van der Waals surface area contributed by atoms with Gasteiger partial charge >= 0.3 is 0 Å². The first-order valence-electron chi connectivity index (χ1n) is 7.21. The fourth-order valence-corrected chi connectivity index (χ4v) is 3.34. The molecule has 0 amide bonds. The Morgan fingerprint density at radius 3 is 2.90 bits per heavy atom. The predicted octanol–water partition coefficient (Wildman–Crippen LogP) is 3.36. The second kappa shape index (κ2) is 5.89. The van der Waals surface area contributed by atoms with E-state index in [1.165, 1.54) is 6.07 Å². The average molecular weight is 314 g/mol. The van der Waals surface area contributed by atoms with Crippen LogP contribution in [-0.2, 0) is 6.42 Å². The van der Waals surface area contributed by atoms with Crippen LogP contribution in [-0.4, -0.2) is 40.5 Å². The molecule has 114 valence electrons. The van der Waals surface area contributed by atoms with E-state index >= 15 is 0 Å². The van der Waals surface area contributed by atoms with Crippen molar-refractivity contribution in [2.24, 2.45) is 0 Å². The molecule has 0 spiro atoms. The zero-order valence-electron chi connectivity index (χ0n) is 12.0. The molecule has 0 aliphatic carbocycles. The molecule has 21 heavy (non-hydrogen) atoms. The molecule has 0 N–H and O–H groups in total. The van der Waals surface area contributed by atoms with E-state index in [9.17, 15) is 8.78 Å². The van der Waals surface area contributed by atoms with Crippen molar-refractivity contribution in [1.29, 1.82) is 0 Å². The highest BCUT2D eigenvalue weighted by atomic mass is 35.5. The number of aromatic nitrogens is 2. The minimum Gasteiger partial charge on any atom is -0.321 e. The van der Waals surface area contributed by atoms with Gasteiger partial charge in [-0.3, -0.25) is 0 Å². The summed E-state index contributed by atoms with van der Waals surface area (Å²) in [6.45, 7) is 1.85. The molecule has 1 saturated heterocycles. The number of fused-ring (bicyclic) bond motifs is 1. The van der Waals surface area contributed by atoms with Crippen LogP contribution >= 0.6 is 11.6 Å². The molecule has 3 rings (SSSR count). The van der Waals surface area contributed by atoms with E-state index < -0.39 is 11.6 Å². The normalized spacial score (nSPS) is 20.3. The minimum absolute atomic E-state index is 0.114. The number of likely N-dealkylation sites (tertiary alicyclic amines) is 1. The zero-order chi connectivity index (χ0) is 15.0. The van der Waals surface area contributed by atoms with Gasteiger partial charge in [0.05, 0.1) is 5.52 Å². The lowest BCUT2D eigenvalue weighted by Gasteiger charge is -2.32. The van der Waals surface area contributed by atoms with Gasteiger partial charge in [0.25, 0.3) is 0 Å². The van der Waals surface area contributed by atoms with Crippen molar-refractivity contribution >= 4 is 22.6 Å². The van der Waals surface area contributed by atoms with Crippen LogP contribution in [0.15, 0.2) is 12.1 Å².